The van der Waals surface area contributed by atoms with E-state index in [1.807, 2.05) is 30.3 Å². The predicted molar refractivity (Wildman–Crippen MR) is 81.6 cm³/mol. The van der Waals surface area contributed by atoms with E-state index in [0.717, 1.165) is 6.42 Å². The summed E-state index contributed by atoms with van der Waals surface area (Å²) in [6, 6.07) is 17.6. The minimum Gasteiger partial charge on any atom is -0.352 e. The lowest BCUT2D eigenvalue weighted by Crippen LogP contribution is -2.25. The van der Waals surface area contributed by atoms with Gasteiger partial charge in [-0.15, -0.1) is 0 Å². The fourth-order valence-electron chi connectivity index (χ4n) is 1.66. The van der Waals surface area contributed by atoms with Gasteiger partial charge in [0.05, 0.1) is 0 Å². The number of halogens is 1. The van der Waals surface area contributed by atoms with Crippen molar-refractivity contribution >= 4 is 28.5 Å². The molecule has 0 bridgehead atoms. The molecule has 18 heavy (non-hydrogen) atoms. The predicted octanol–water partition coefficient (Wildman–Crippen LogP) is 3.26. The van der Waals surface area contributed by atoms with Crippen LogP contribution < -0.4 is 5.32 Å². The number of rotatable bonds is 4. The Labute approximate surface area is 121 Å². The topological polar surface area (TPSA) is 29.1 Å². The van der Waals surface area contributed by atoms with Gasteiger partial charge in [-0.2, -0.15) is 0 Å². The number of carbonyl (C=O) groups excluding carboxylic acids is 1. The smallest absolute Gasteiger partial charge is 0.251 e. The van der Waals surface area contributed by atoms with Gasteiger partial charge in [0.25, 0.3) is 5.91 Å². The van der Waals surface area contributed by atoms with Gasteiger partial charge in [0.2, 0.25) is 0 Å². The van der Waals surface area contributed by atoms with Gasteiger partial charge in [0, 0.05) is 15.7 Å². The summed E-state index contributed by atoms with van der Waals surface area (Å²) in [6.45, 7) is 0.661. The lowest BCUT2D eigenvalue weighted by atomic mass is 10.1. The molecule has 1 amide bonds. The van der Waals surface area contributed by atoms with Crippen LogP contribution in [0.2, 0.25) is 0 Å². The van der Waals surface area contributed by atoms with Gasteiger partial charge in [-0.25, -0.2) is 0 Å². The Morgan fingerprint density at radius 3 is 2.33 bits per heavy atom. The summed E-state index contributed by atoms with van der Waals surface area (Å²) in [7, 11) is 0. The molecule has 2 aromatic rings. The molecule has 2 rings (SSSR count). The molecule has 0 radical (unpaired) electrons. The first kappa shape index (κ1) is 13.1. The number of nitrogens with one attached hydrogen (secondary N) is 1. The fraction of sp³-hybridized carbons (Fsp3) is 0.133. The minimum atomic E-state index is -0.0129. The molecule has 0 heterocycles. The van der Waals surface area contributed by atoms with Gasteiger partial charge in [-0.05, 0) is 58.8 Å². The van der Waals surface area contributed by atoms with E-state index in [1.54, 1.807) is 0 Å². The average molecular weight is 351 g/mol. The number of amides is 1. The van der Waals surface area contributed by atoms with E-state index in [2.05, 4.69) is 52.2 Å². The second-order valence-electron chi connectivity index (χ2n) is 4.00. The Bertz CT molecular complexity index is 508. The SMILES string of the molecule is O=C(NCCc1ccc(I)cc1)c1ccccc1. The third-order valence-corrected chi connectivity index (χ3v) is 3.37. The van der Waals surface area contributed by atoms with Crippen molar-refractivity contribution in [2.24, 2.45) is 0 Å². The summed E-state index contributed by atoms with van der Waals surface area (Å²) in [6.07, 6.45) is 0.857. The number of carbonyl (C=O) groups is 1. The summed E-state index contributed by atoms with van der Waals surface area (Å²) in [4.78, 5) is 11.8. The maximum atomic E-state index is 11.8. The van der Waals surface area contributed by atoms with Crippen molar-refractivity contribution in [3.05, 3.63) is 69.3 Å². The van der Waals surface area contributed by atoms with Crippen LogP contribution in [-0.2, 0) is 6.42 Å². The standard InChI is InChI=1S/C15H14INO/c16-14-8-6-12(7-9-14)10-11-17-15(18)13-4-2-1-3-5-13/h1-9H,10-11H2,(H,17,18). The molecule has 0 saturated heterocycles. The van der Waals surface area contributed by atoms with E-state index in [4.69, 9.17) is 0 Å². The van der Waals surface area contributed by atoms with Gasteiger partial charge in [-0.3, -0.25) is 4.79 Å². The molecule has 0 fully saturated rings. The third kappa shape index (κ3) is 3.84. The van der Waals surface area contributed by atoms with Crippen LogP contribution in [0.25, 0.3) is 0 Å². The van der Waals surface area contributed by atoms with Gasteiger partial charge in [0.1, 0.15) is 0 Å². The van der Waals surface area contributed by atoms with Crippen molar-refractivity contribution < 1.29 is 4.79 Å². The molecule has 0 aromatic heterocycles. The van der Waals surface area contributed by atoms with Crippen LogP contribution in [0.15, 0.2) is 54.6 Å². The van der Waals surface area contributed by atoms with Gasteiger partial charge >= 0.3 is 0 Å². The van der Waals surface area contributed by atoms with E-state index in [0.29, 0.717) is 12.1 Å². The summed E-state index contributed by atoms with van der Waals surface area (Å²) in [5, 5.41) is 2.92. The van der Waals surface area contributed by atoms with Crippen molar-refractivity contribution in [1.29, 1.82) is 0 Å². The number of hydrogen-bond acceptors (Lipinski definition) is 1. The summed E-state index contributed by atoms with van der Waals surface area (Å²) in [5.41, 5.74) is 1.95. The molecule has 0 spiro atoms. The average Bonchev–Trinajstić information content (AvgIpc) is 2.42. The van der Waals surface area contributed by atoms with Crippen LogP contribution in [0.3, 0.4) is 0 Å². The molecule has 0 aliphatic carbocycles. The minimum absolute atomic E-state index is 0.0129. The Balaban J connectivity index is 1.82. The van der Waals surface area contributed by atoms with Gasteiger partial charge in [-0.1, -0.05) is 30.3 Å². The van der Waals surface area contributed by atoms with Crippen LogP contribution in [0.4, 0.5) is 0 Å². The zero-order valence-electron chi connectivity index (χ0n) is 9.90. The van der Waals surface area contributed by atoms with E-state index >= 15 is 0 Å². The van der Waals surface area contributed by atoms with E-state index in [1.165, 1.54) is 9.13 Å². The van der Waals surface area contributed by atoms with Gasteiger partial charge in [0.15, 0.2) is 0 Å². The molecule has 0 atom stereocenters. The molecule has 0 aliphatic rings. The number of benzene rings is 2. The Morgan fingerprint density at radius 1 is 1.00 bits per heavy atom. The van der Waals surface area contributed by atoms with Crippen molar-refractivity contribution in [3.63, 3.8) is 0 Å². The highest BCUT2D eigenvalue weighted by Crippen LogP contribution is 2.07. The van der Waals surface area contributed by atoms with E-state index in [-0.39, 0.29) is 5.91 Å². The fourth-order valence-corrected chi connectivity index (χ4v) is 2.02. The zero-order chi connectivity index (χ0) is 12.8. The van der Waals surface area contributed by atoms with Crippen LogP contribution in [0.1, 0.15) is 15.9 Å². The van der Waals surface area contributed by atoms with Crippen LogP contribution in [0, 0.1) is 3.57 Å². The first-order chi connectivity index (χ1) is 8.75. The second-order valence-corrected chi connectivity index (χ2v) is 5.24. The maximum Gasteiger partial charge on any atom is 0.251 e. The van der Waals surface area contributed by atoms with Crippen molar-refractivity contribution in [2.45, 2.75) is 6.42 Å². The Morgan fingerprint density at radius 2 is 1.67 bits per heavy atom. The first-order valence-electron chi connectivity index (χ1n) is 5.83. The van der Waals surface area contributed by atoms with Crippen molar-refractivity contribution in [1.82, 2.24) is 5.32 Å². The third-order valence-electron chi connectivity index (χ3n) is 2.65. The molecule has 1 N–H and O–H groups in total. The molecular weight excluding hydrogens is 337 g/mol. The molecule has 0 saturated carbocycles. The molecular formula is C15H14INO. The van der Waals surface area contributed by atoms with Crippen LogP contribution in [-0.4, -0.2) is 12.5 Å². The van der Waals surface area contributed by atoms with Crippen molar-refractivity contribution in [2.75, 3.05) is 6.54 Å². The highest BCUT2D eigenvalue weighted by molar-refractivity contribution is 14.1. The van der Waals surface area contributed by atoms with E-state index < -0.39 is 0 Å². The molecule has 2 nitrogen and oxygen atoms in total. The second kappa shape index (κ2) is 6.54. The van der Waals surface area contributed by atoms with Crippen LogP contribution >= 0.6 is 22.6 Å². The monoisotopic (exact) mass is 351 g/mol. The molecule has 0 unspecified atom stereocenters. The lowest BCUT2D eigenvalue weighted by molar-refractivity contribution is 0.0954. The first-order valence-corrected chi connectivity index (χ1v) is 6.91. The molecule has 3 heteroatoms. The highest BCUT2D eigenvalue weighted by Gasteiger charge is 2.02. The Hall–Kier alpha value is -1.36. The normalized spacial score (nSPS) is 10.1. The van der Waals surface area contributed by atoms with E-state index in [9.17, 15) is 4.79 Å². The molecule has 0 aliphatic heterocycles. The Kier molecular flexibility index (Phi) is 4.75. The summed E-state index contributed by atoms with van der Waals surface area (Å²) < 4.78 is 1.23. The number of hydrogen-bond donors (Lipinski definition) is 1. The van der Waals surface area contributed by atoms with Crippen molar-refractivity contribution in [3.8, 4) is 0 Å². The highest BCUT2D eigenvalue weighted by atomic mass is 127. The molecule has 92 valence electrons. The maximum absolute atomic E-state index is 11.8. The quantitative estimate of drug-likeness (QED) is 0.842. The molecule has 2 aromatic carbocycles. The largest absolute Gasteiger partial charge is 0.352 e. The summed E-state index contributed by atoms with van der Waals surface area (Å²) >= 11 is 2.28. The summed E-state index contributed by atoms with van der Waals surface area (Å²) in [5.74, 6) is -0.0129. The van der Waals surface area contributed by atoms with Crippen LogP contribution in [0.5, 0.6) is 0 Å². The van der Waals surface area contributed by atoms with Gasteiger partial charge < -0.3 is 5.32 Å². The zero-order valence-corrected chi connectivity index (χ0v) is 12.1. The lowest BCUT2D eigenvalue weighted by Gasteiger charge is -2.05.